The van der Waals surface area contributed by atoms with Crippen molar-refractivity contribution >= 4 is 11.7 Å². The predicted octanol–water partition coefficient (Wildman–Crippen LogP) is 1.67. The standard InChI is InChI=1S/C18H23N5O2/c1-12-10-16(23-9-3-4-14(11-23)18(24)22-19)21-17(20-12)13-5-7-15(25-2)8-6-13/h5-8,10,14H,3-4,9,11,19H2,1-2H3,(H,22,24)/t14-/m0/s1. The van der Waals surface area contributed by atoms with E-state index in [4.69, 9.17) is 15.6 Å². The third kappa shape index (κ3) is 3.88. The first kappa shape index (κ1) is 17.2. The minimum atomic E-state index is -0.120. The number of hydrogen-bond donors (Lipinski definition) is 2. The zero-order valence-corrected chi connectivity index (χ0v) is 14.5. The maximum absolute atomic E-state index is 11.9. The first-order chi connectivity index (χ1) is 12.1. The molecule has 0 spiro atoms. The number of hydrogen-bond acceptors (Lipinski definition) is 6. The first-order valence-electron chi connectivity index (χ1n) is 8.36. The van der Waals surface area contributed by atoms with Crippen molar-refractivity contribution < 1.29 is 9.53 Å². The summed E-state index contributed by atoms with van der Waals surface area (Å²) < 4.78 is 5.20. The van der Waals surface area contributed by atoms with Gasteiger partial charge in [0.05, 0.1) is 13.0 Å². The van der Waals surface area contributed by atoms with Crippen LogP contribution in [0.5, 0.6) is 5.75 Å². The molecular formula is C18H23N5O2. The second-order valence-corrected chi connectivity index (χ2v) is 6.21. The lowest BCUT2D eigenvalue weighted by Gasteiger charge is -2.32. The highest BCUT2D eigenvalue weighted by molar-refractivity contribution is 5.79. The Morgan fingerprint density at radius 1 is 1.32 bits per heavy atom. The molecule has 1 saturated heterocycles. The molecule has 1 aliphatic rings. The summed E-state index contributed by atoms with van der Waals surface area (Å²) in [7, 11) is 1.64. The maximum atomic E-state index is 11.9. The summed E-state index contributed by atoms with van der Waals surface area (Å²) in [5.41, 5.74) is 4.08. The number of ether oxygens (including phenoxy) is 1. The number of anilines is 1. The largest absolute Gasteiger partial charge is 0.497 e. The lowest BCUT2D eigenvalue weighted by Crippen LogP contribution is -2.45. The van der Waals surface area contributed by atoms with E-state index in [2.05, 4.69) is 15.3 Å². The Morgan fingerprint density at radius 2 is 2.08 bits per heavy atom. The van der Waals surface area contributed by atoms with Gasteiger partial charge in [-0.1, -0.05) is 0 Å². The molecule has 1 aliphatic heterocycles. The smallest absolute Gasteiger partial charge is 0.238 e. The predicted molar refractivity (Wildman–Crippen MR) is 96.0 cm³/mol. The van der Waals surface area contributed by atoms with E-state index in [9.17, 15) is 4.79 Å². The molecule has 3 N–H and O–H groups in total. The van der Waals surface area contributed by atoms with Crippen LogP contribution in [0.1, 0.15) is 18.5 Å². The SMILES string of the molecule is COc1ccc(-c2nc(C)cc(N3CCC[C@H](C(=O)NN)C3)n2)cc1. The molecule has 0 radical (unpaired) electrons. The normalized spacial score (nSPS) is 17.2. The van der Waals surface area contributed by atoms with Crippen molar-refractivity contribution in [3.05, 3.63) is 36.0 Å². The molecule has 0 bridgehead atoms. The van der Waals surface area contributed by atoms with E-state index in [1.54, 1.807) is 7.11 Å². The Kier molecular flexibility index (Phi) is 5.14. The molecule has 0 aliphatic carbocycles. The molecule has 132 valence electrons. The van der Waals surface area contributed by atoms with Crippen molar-refractivity contribution in [3.63, 3.8) is 0 Å². The van der Waals surface area contributed by atoms with Crippen LogP contribution in [0.4, 0.5) is 5.82 Å². The average Bonchev–Trinajstić information content (AvgIpc) is 2.67. The second kappa shape index (κ2) is 7.48. The summed E-state index contributed by atoms with van der Waals surface area (Å²) in [6.45, 7) is 3.43. The van der Waals surface area contributed by atoms with Gasteiger partial charge in [-0.15, -0.1) is 0 Å². The number of hydrazine groups is 1. The number of piperidine rings is 1. The number of rotatable bonds is 4. The van der Waals surface area contributed by atoms with Crippen LogP contribution in [0, 0.1) is 12.8 Å². The van der Waals surface area contributed by atoms with Gasteiger partial charge in [-0.2, -0.15) is 0 Å². The molecule has 0 saturated carbocycles. The number of nitrogens with one attached hydrogen (secondary N) is 1. The number of methoxy groups -OCH3 is 1. The fraction of sp³-hybridized carbons (Fsp3) is 0.389. The van der Waals surface area contributed by atoms with E-state index in [1.165, 1.54) is 0 Å². The van der Waals surface area contributed by atoms with Crippen molar-refractivity contribution in [1.29, 1.82) is 0 Å². The number of nitrogens with two attached hydrogens (primary N) is 1. The van der Waals surface area contributed by atoms with Gasteiger partial charge in [-0.25, -0.2) is 15.8 Å². The van der Waals surface area contributed by atoms with E-state index in [0.717, 1.165) is 42.2 Å². The van der Waals surface area contributed by atoms with Crippen LogP contribution in [0.15, 0.2) is 30.3 Å². The van der Waals surface area contributed by atoms with E-state index >= 15 is 0 Å². The van der Waals surface area contributed by atoms with Crippen LogP contribution in [-0.2, 0) is 4.79 Å². The van der Waals surface area contributed by atoms with Gasteiger partial charge in [0.2, 0.25) is 5.91 Å². The third-order valence-corrected chi connectivity index (χ3v) is 4.45. The summed E-state index contributed by atoms with van der Waals surface area (Å²) in [6.07, 6.45) is 1.77. The number of nitrogens with zero attached hydrogens (tertiary/aromatic N) is 3. The summed E-state index contributed by atoms with van der Waals surface area (Å²) in [5, 5.41) is 0. The minimum absolute atomic E-state index is 0.113. The van der Waals surface area contributed by atoms with E-state index in [1.807, 2.05) is 37.3 Å². The Labute approximate surface area is 147 Å². The Balaban J connectivity index is 1.87. The van der Waals surface area contributed by atoms with Crippen molar-refractivity contribution in [2.24, 2.45) is 11.8 Å². The minimum Gasteiger partial charge on any atom is -0.497 e. The van der Waals surface area contributed by atoms with Crippen LogP contribution in [0.2, 0.25) is 0 Å². The highest BCUT2D eigenvalue weighted by Gasteiger charge is 2.26. The summed E-state index contributed by atoms with van der Waals surface area (Å²) in [6, 6.07) is 9.62. The molecule has 7 nitrogen and oxygen atoms in total. The molecule has 0 unspecified atom stereocenters. The highest BCUT2D eigenvalue weighted by atomic mass is 16.5. The van der Waals surface area contributed by atoms with E-state index in [-0.39, 0.29) is 11.8 Å². The molecule has 1 fully saturated rings. The van der Waals surface area contributed by atoms with E-state index < -0.39 is 0 Å². The van der Waals surface area contributed by atoms with Gasteiger partial charge in [0.1, 0.15) is 11.6 Å². The lowest BCUT2D eigenvalue weighted by molar-refractivity contribution is -0.125. The molecule has 2 heterocycles. The van der Waals surface area contributed by atoms with Gasteiger partial charge in [0, 0.05) is 30.4 Å². The third-order valence-electron chi connectivity index (χ3n) is 4.45. The number of aromatic nitrogens is 2. The fourth-order valence-electron chi connectivity index (χ4n) is 3.10. The molecule has 1 atom stereocenters. The van der Waals surface area contributed by atoms with Crippen molar-refractivity contribution in [2.75, 3.05) is 25.1 Å². The van der Waals surface area contributed by atoms with Crippen molar-refractivity contribution in [2.45, 2.75) is 19.8 Å². The zero-order valence-electron chi connectivity index (χ0n) is 14.5. The molecule has 1 amide bonds. The molecule has 1 aromatic carbocycles. The van der Waals surface area contributed by atoms with Gasteiger partial charge < -0.3 is 9.64 Å². The highest BCUT2D eigenvalue weighted by Crippen LogP contribution is 2.26. The van der Waals surface area contributed by atoms with Crippen molar-refractivity contribution in [1.82, 2.24) is 15.4 Å². The van der Waals surface area contributed by atoms with Gasteiger partial charge >= 0.3 is 0 Å². The Morgan fingerprint density at radius 3 is 2.76 bits per heavy atom. The van der Waals surface area contributed by atoms with Gasteiger partial charge in [-0.05, 0) is 44.0 Å². The number of benzene rings is 1. The molecule has 1 aromatic heterocycles. The Bertz CT molecular complexity index is 748. The number of carbonyl (C=O) groups excluding carboxylic acids is 1. The second-order valence-electron chi connectivity index (χ2n) is 6.21. The monoisotopic (exact) mass is 341 g/mol. The number of aryl methyl sites for hydroxylation is 1. The first-order valence-corrected chi connectivity index (χ1v) is 8.36. The molecule has 3 rings (SSSR count). The number of carbonyl (C=O) groups is 1. The molecular weight excluding hydrogens is 318 g/mol. The average molecular weight is 341 g/mol. The maximum Gasteiger partial charge on any atom is 0.238 e. The van der Waals surface area contributed by atoms with Crippen LogP contribution in [0.3, 0.4) is 0 Å². The summed E-state index contributed by atoms with van der Waals surface area (Å²) in [4.78, 5) is 23.2. The molecule has 25 heavy (non-hydrogen) atoms. The van der Waals surface area contributed by atoms with Crippen LogP contribution in [0.25, 0.3) is 11.4 Å². The summed E-state index contributed by atoms with van der Waals surface area (Å²) in [5.74, 6) is 7.35. The Hall–Kier alpha value is -2.67. The quantitative estimate of drug-likeness (QED) is 0.499. The van der Waals surface area contributed by atoms with Crippen LogP contribution >= 0.6 is 0 Å². The van der Waals surface area contributed by atoms with Crippen molar-refractivity contribution in [3.8, 4) is 17.1 Å². The number of amides is 1. The van der Waals surface area contributed by atoms with Gasteiger partial charge in [-0.3, -0.25) is 10.2 Å². The topological polar surface area (TPSA) is 93.4 Å². The lowest BCUT2D eigenvalue weighted by atomic mass is 9.97. The molecule has 7 heteroatoms. The molecule has 2 aromatic rings. The van der Waals surface area contributed by atoms with Crippen LogP contribution < -0.4 is 20.9 Å². The van der Waals surface area contributed by atoms with Gasteiger partial charge in [0.15, 0.2) is 5.82 Å². The zero-order chi connectivity index (χ0) is 17.8. The van der Waals surface area contributed by atoms with E-state index in [0.29, 0.717) is 12.4 Å². The van der Waals surface area contributed by atoms with Crippen LogP contribution in [-0.4, -0.2) is 36.1 Å². The summed E-state index contributed by atoms with van der Waals surface area (Å²) >= 11 is 0. The van der Waals surface area contributed by atoms with Gasteiger partial charge in [0.25, 0.3) is 0 Å². The fourth-order valence-corrected chi connectivity index (χ4v) is 3.10.